The molecule has 1 amide bonds. The number of pyridine rings is 1. The number of fused-ring (bicyclic) bond motifs is 1. The number of carbonyl (C=O) groups excluding carboxylic acids is 1. The third kappa shape index (κ3) is 6.57. The van der Waals surface area contributed by atoms with Gasteiger partial charge in [0.1, 0.15) is 22.9 Å². The Morgan fingerprint density at radius 2 is 1.77 bits per heavy atom. The maximum atomic E-state index is 14.7. The summed E-state index contributed by atoms with van der Waals surface area (Å²) >= 11 is 0. The molecule has 0 spiro atoms. The van der Waals surface area contributed by atoms with Gasteiger partial charge in [-0.15, -0.1) is 0 Å². The van der Waals surface area contributed by atoms with Crippen LogP contribution in [-0.4, -0.2) is 52.2 Å². The maximum absolute atomic E-state index is 14.7. The molecule has 8 heteroatoms. The minimum Gasteiger partial charge on any atom is -0.332 e. The third-order valence-electron chi connectivity index (χ3n) is 6.29. The molecule has 1 aliphatic heterocycles. The molecule has 1 atom stereocenters. The standard InChI is InChI=1S/C28H26FN5O.C2H6.CH3F/c1-2-24(20-11-4-3-5-12-20)32-30-19-21-13-10-18-33(21)28(35)27-26(22-14-6-7-15-23(22)29)31-25-16-8-9-17-34(25)27;2*1-2/h2-9,11-12,14-17,21,30H,1,10,13,18-19H2;1-2H3;1H3/b32-24+;;/t21-;;/m0../s1. The molecular weight excluding hydrogens is 496 g/mol. The molecule has 0 bridgehead atoms. The van der Waals surface area contributed by atoms with Crippen LogP contribution in [0.25, 0.3) is 16.9 Å². The number of amides is 1. The van der Waals surface area contributed by atoms with Gasteiger partial charge in [-0.05, 0) is 43.2 Å². The molecule has 0 radical (unpaired) electrons. The molecule has 6 nitrogen and oxygen atoms in total. The molecule has 2 aromatic heterocycles. The number of aromatic nitrogens is 2. The van der Waals surface area contributed by atoms with Crippen molar-refractivity contribution in [3.8, 4) is 11.3 Å². The molecule has 0 unspecified atom stereocenters. The summed E-state index contributed by atoms with van der Waals surface area (Å²) in [5, 5.41) is 4.50. The molecule has 1 aliphatic rings. The van der Waals surface area contributed by atoms with E-state index in [2.05, 4.69) is 22.1 Å². The van der Waals surface area contributed by atoms with Crippen molar-refractivity contribution in [2.24, 2.45) is 5.10 Å². The van der Waals surface area contributed by atoms with Gasteiger partial charge in [-0.2, -0.15) is 5.10 Å². The highest BCUT2D eigenvalue weighted by molar-refractivity contribution is 6.08. The van der Waals surface area contributed by atoms with E-state index in [0.717, 1.165) is 24.1 Å². The van der Waals surface area contributed by atoms with Crippen LogP contribution < -0.4 is 5.43 Å². The van der Waals surface area contributed by atoms with Crippen molar-refractivity contribution in [3.05, 3.63) is 109 Å². The Balaban J connectivity index is 0.00000100. The van der Waals surface area contributed by atoms with E-state index in [1.807, 2.05) is 67.3 Å². The zero-order valence-corrected chi connectivity index (χ0v) is 22.6. The molecule has 1 fully saturated rings. The number of hydrogen-bond acceptors (Lipinski definition) is 4. The zero-order chi connectivity index (χ0) is 28.2. The molecule has 2 aromatic carbocycles. The second-order valence-electron chi connectivity index (χ2n) is 8.44. The molecule has 0 saturated carbocycles. The van der Waals surface area contributed by atoms with Gasteiger partial charge in [0.25, 0.3) is 5.91 Å². The van der Waals surface area contributed by atoms with Gasteiger partial charge in [0, 0.05) is 23.9 Å². The summed E-state index contributed by atoms with van der Waals surface area (Å²) in [4.78, 5) is 20.3. The molecule has 1 saturated heterocycles. The first-order valence-corrected chi connectivity index (χ1v) is 13.1. The van der Waals surface area contributed by atoms with Gasteiger partial charge in [0.2, 0.25) is 0 Å². The van der Waals surface area contributed by atoms with E-state index >= 15 is 0 Å². The van der Waals surface area contributed by atoms with Crippen LogP contribution in [0.5, 0.6) is 0 Å². The molecule has 4 aromatic rings. The summed E-state index contributed by atoms with van der Waals surface area (Å²) in [5.74, 6) is -0.570. The van der Waals surface area contributed by atoms with Gasteiger partial charge in [-0.3, -0.25) is 13.6 Å². The third-order valence-corrected chi connectivity index (χ3v) is 6.29. The average Bonchev–Trinajstić information content (AvgIpc) is 3.63. The Hall–Kier alpha value is -4.33. The summed E-state index contributed by atoms with van der Waals surface area (Å²) in [7, 11) is 0.500. The predicted octanol–water partition coefficient (Wildman–Crippen LogP) is 6.54. The number of halogens is 2. The second-order valence-corrected chi connectivity index (χ2v) is 8.44. The van der Waals surface area contributed by atoms with Crippen LogP contribution in [0.4, 0.5) is 8.78 Å². The van der Waals surface area contributed by atoms with Gasteiger partial charge < -0.3 is 10.3 Å². The zero-order valence-electron chi connectivity index (χ0n) is 22.6. The van der Waals surface area contributed by atoms with Crippen molar-refractivity contribution in [3.63, 3.8) is 0 Å². The van der Waals surface area contributed by atoms with Crippen LogP contribution in [0.2, 0.25) is 0 Å². The predicted molar refractivity (Wildman–Crippen MR) is 154 cm³/mol. The van der Waals surface area contributed by atoms with Crippen molar-refractivity contribution in [2.75, 3.05) is 20.3 Å². The van der Waals surface area contributed by atoms with Gasteiger partial charge in [-0.25, -0.2) is 9.37 Å². The highest BCUT2D eigenvalue weighted by Crippen LogP contribution is 2.30. The number of likely N-dealkylation sites (tertiary alicyclic amines) is 1. The quantitative estimate of drug-likeness (QED) is 0.218. The summed E-state index contributed by atoms with van der Waals surface area (Å²) in [6, 6.07) is 21.7. The van der Waals surface area contributed by atoms with Gasteiger partial charge in [0.05, 0.1) is 25.5 Å². The van der Waals surface area contributed by atoms with E-state index in [1.54, 1.807) is 34.9 Å². The summed E-state index contributed by atoms with van der Waals surface area (Å²) in [6.45, 7) is 8.99. The SMILES string of the molecule is C=C/C(=N\NC[C@@H]1CCCN1C(=O)c1c(-c2ccccc2F)nc2ccccn12)c1ccccc1.CC.CF. The first kappa shape index (κ1) is 29.2. The lowest BCUT2D eigenvalue weighted by molar-refractivity contribution is 0.0730. The average molecular weight is 532 g/mol. The molecule has 1 N–H and O–H groups in total. The summed E-state index contributed by atoms with van der Waals surface area (Å²) < 4.78 is 26.0. The van der Waals surface area contributed by atoms with E-state index < -0.39 is 5.82 Å². The van der Waals surface area contributed by atoms with Crippen LogP contribution in [0, 0.1) is 5.82 Å². The number of allylic oxidation sites excluding steroid dienone is 1. The van der Waals surface area contributed by atoms with Crippen LogP contribution >= 0.6 is 0 Å². The highest BCUT2D eigenvalue weighted by atomic mass is 19.1. The number of nitrogens with one attached hydrogen (secondary N) is 1. The van der Waals surface area contributed by atoms with Crippen molar-refractivity contribution in [1.82, 2.24) is 19.7 Å². The highest BCUT2D eigenvalue weighted by Gasteiger charge is 2.33. The Morgan fingerprint density at radius 1 is 1.08 bits per heavy atom. The number of hydrogen-bond donors (Lipinski definition) is 1. The summed E-state index contributed by atoms with van der Waals surface area (Å²) in [6.07, 6.45) is 5.25. The van der Waals surface area contributed by atoms with E-state index in [9.17, 15) is 13.6 Å². The number of imidazole rings is 1. The molecule has 0 aliphatic carbocycles. The fraction of sp³-hybridized carbons (Fsp3) is 0.258. The fourth-order valence-electron chi connectivity index (χ4n) is 4.57. The number of alkyl halides is 1. The van der Waals surface area contributed by atoms with Gasteiger partial charge in [0.15, 0.2) is 0 Å². The number of benzene rings is 2. The number of carbonyl (C=O) groups is 1. The van der Waals surface area contributed by atoms with Crippen LogP contribution in [0.15, 0.2) is 96.7 Å². The normalized spacial score (nSPS) is 14.6. The Bertz CT molecular complexity index is 1400. The first-order valence-electron chi connectivity index (χ1n) is 13.1. The maximum Gasteiger partial charge on any atom is 0.273 e. The molecule has 204 valence electrons. The van der Waals surface area contributed by atoms with E-state index in [-0.39, 0.29) is 11.9 Å². The van der Waals surface area contributed by atoms with E-state index in [4.69, 9.17) is 0 Å². The van der Waals surface area contributed by atoms with Crippen molar-refractivity contribution in [2.45, 2.75) is 32.7 Å². The van der Waals surface area contributed by atoms with E-state index in [0.29, 0.717) is 42.9 Å². The fourth-order valence-corrected chi connectivity index (χ4v) is 4.57. The molecule has 5 rings (SSSR count). The topological polar surface area (TPSA) is 62.0 Å². The Morgan fingerprint density at radius 3 is 2.49 bits per heavy atom. The lowest BCUT2D eigenvalue weighted by Crippen LogP contribution is -2.41. The lowest BCUT2D eigenvalue weighted by Gasteiger charge is -2.25. The largest absolute Gasteiger partial charge is 0.332 e. The number of rotatable bonds is 7. The number of nitrogens with zero attached hydrogens (tertiary/aromatic N) is 4. The first-order chi connectivity index (χ1) is 19.2. The lowest BCUT2D eigenvalue weighted by atomic mass is 10.1. The van der Waals surface area contributed by atoms with E-state index in [1.165, 1.54) is 6.07 Å². The smallest absolute Gasteiger partial charge is 0.273 e. The van der Waals surface area contributed by atoms with Crippen molar-refractivity contribution < 1.29 is 13.6 Å². The minimum absolute atomic E-state index is 0.0455. The van der Waals surface area contributed by atoms with Crippen LogP contribution in [-0.2, 0) is 0 Å². The molecular formula is C31H35F2N5O. The summed E-state index contributed by atoms with van der Waals surface area (Å²) in [5.41, 5.74) is 6.49. The number of hydrazone groups is 1. The van der Waals surface area contributed by atoms with Crippen LogP contribution in [0.3, 0.4) is 0 Å². The van der Waals surface area contributed by atoms with Crippen LogP contribution in [0.1, 0.15) is 42.7 Å². The van der Waals surface area contributed by atoms with Gasteiger partial charge >= 0.3 is 0 Å². The molecule has 3 heterocycles. The van der Waals surface area contributed by atoms with Gasteiger partial charge in [-0.1, -0.05) is 69.0 Å². The van der Waals surface area contributed by atoms with Crippen molar-refractivity contribution >= 4 is 17.3 Å². The monoisotopic (exact) mass is 531 g/mol. The second kappa shape index (κ2) is 14.6. The Labute approximate surface area is 228 Å². The Kier molecular flexibility index (Phi) is 10.9. The minimum atomic E-state index is -0.406. The molecule has 39 heavy (non-hydrogen) atoms. The van der Waals surface area contributed by atoms with Crippen molar-refractivity contribution in [1.29, 1.82) is 0 Å².